The number of imidazole rings is 1. The first-order valence-corrected chi connectivity index (χ1v) is 7.21. The molecule has 0 N–H and O–H groups in total. The number of pyridine rings is 1. The summed E-state index contributed by atoms with van der Waals surface area (Å²) in [6.45, 7) is 2.84. The average molecular weight is 298 g/mol. The molecule has 2 heterocycles. The van der Waals surface area contributed by atoms with Gasteiger partial charge in [0.15, 0.2) is 5.65 Å². The third kappa shape index (κ3) is 3.04. The van der Waals surface area contributed by atoms with Crippen LogP contribution in [-0.4, -0.2) is 41.2 Å². The molecule has 0 spiro atoms. The number of fused-ring (bicyclic) bond motifs is 1. The third-order valence-electron chi connectivity index (χ3n) is 3.29. The van der Waals surface area contributed by atoms with Crippen molar-refractivity contribution < 1.29 is 9.47 Å². The lowest BCUT2D eigenvalue weighted by atomic mass is 10.2. The first-order valence-electron chi connectivity index (χ1n) is 6.68. The molecule has 2 rings (SSSR count). The maximum absolute atomic E-state index is 5.88. The summed E-state index contributed by atoms with van der Waals surface area (Å²) in [5.41, 5.74) is 1.71. The van der Waals surface area contributed by atoms with Crippen LogP contribution >= 0.6 is 11.6 Å². The van der Waals surface area contributed by atoms with Crippen LogP contribution in [0.25, 0.3) is 11.2 Å². The van der Waals surface area contributed by atoms with Crippen molar-refractivity contribution >= 4 is 22.8 Å². The number of nitrogens with zero attached hydrogens (tertiary/aromatic N) is 3. The first-order chi connectivity index (χ1) is 9.71. The molecule has 2 aromatic rings. The van der Waals surface area contributed by atoms with E-state index in [2.05, 4.69) is 21.5 Å². The topological polar surface area (TPSA) is 49.2 Å². The molecule has 1 atom stereocenters. The van der Waals surface area contributed by atoms with Crippen LogP contribution in [0.2, 0.25) is 0 Å². The molecule has 0 aliphatic rings. The first kappa shape index (κ1) is 15.1. The van der Waals surface area contributed by atoms with Crippen LogP contribution < -0.4 is 4.74 Å². The second-order valence-corrected chi connectivity index (χ2v) is 5.04. The number of ether oxygens (including phenoxy) is 2. The fraction of sp³-hybridized carbons (Fsp3) is 0.571. The Morgan fingerprint density at radius 2 is 2.10 bits per heavy atom. The highest BCUT2D eigenvalue weighted by Gasteiger charge is 2.17. The zero-order chi connectivity index (χ0) is 14.5. The minimum Gasteiger partial charge on any atom is -0.481 e. The zero-order valence-electron chi connectivity index (χ0n) is 12.1. The van der Waals surface area contributed by atoms with Gasteiger partial charge in [-0.1, -0.05) is 0 Å². The predicted octanol–water partition coefficient (Wildman–Crippen LogP) is 2.82. The Morgan fingerprint density at radius 1 is 1.30 bits per heavy atom. The number of hydrogen-bond donors (Lipinski definition) is 0. The molecular weight excluding hydrogens is 278 g/mol. The van der Waals surface area contributed by atoms with Crippen LogP contribution in [0.1, 0.15) is 25.2 Å². The van der Waals surface area contributed by atoms with Gasteiger partial charge < -0.3 is 14.0 Å². The number of aromatic nitrogens is 3. The van der Waals surface area contributed by atoms with Crippen LogP contribution in [0, 0.1) is 0 Å². The van der Waals surface area contributed by atoms with Gasteiger partial charge in [0.2, 0.25) is 5.88 Å². The molecule has 0 aliphatic carbocycles. The van der Waals surface area contributed by atoms with E-state index in [9.17, 15) is 0 Å². The van der Waals surface area contributed by atoms with Gasteiger partial charge in [-0.3, -0.25) is 0 Å². The van der Waals surface area contributed by atoms with Gasteiger partial charge in [0, 0.05) is 38.1 Å². The standard InChI is InChI=1S/C14H20ClN3O2/c1-10(7-9-19-2)18-12(6-8-15)16-11-4-5-13(20-3)17-14(11)18/h4-5,10H,6-9H2,1-3H3. The molecule has 0 saturated heterocycles. The van der Waals surface area contributed by atoms with Gasteiger partial charge in [0.1, 0.15) is 11.3 Å². The van der Waals surface area contributed by atoms with Gasteiger partial charge in [-0.2, -0.15) is 4.98 Å². The number of hydrogen-bond acceptors (Lipinski definition) is 4. The lowest BCUT2D eigenvalue weighted by Gasteiger charge is -2.16. The number of alkyl halides is 1. The Labute approximate surface area is 123 Å². The quantitative estimate of drug-likeness (QED) is 0.737. The van der Waals surface area contributed by atoms with E-state index in [1.165, 1.54) is 0 Å². The van der Waals surface area contributed by atoms with Crippen molar-refractivity contribution in [1.82, 2.24) is 14.5 Å². The summed E-state index contributed by atoms with van der Waals surface area (Å²) >= 11 is 5.88. The molecular formula is C14H20ClN3O2. The van der Waals surface area contributed by atoms with Crippen molar-refractivity contribution in [3.05, 3.63) is 18.0 Å². The van der Waals surface area contributed by atoms with E-state index in [4.69, 9.17) is 21.1 Å². The van der Waals surface area contributed by atoms with Crippen LogP contribution in [-0.2, 0) is 11.2 Å². The lowest BCUT2D eigenvalue weighted by Crippen LogP contribution is -2.12. The van der Waals surface area contributed by atoms with E-state index in [0.29, 0.717) is 18.4 Å². The Bertz CT molecular complexity index is 571. The number of methoxy groups -OCH3 is 2. The van der Waals surface area contributed by atoms with E-state index in [0.717, 1.165) is 29.8 Å². The molecule has 0 radical (unpaired) electrons. The molecule has 6 heteroatoms. The van der Waals surface area contributed by atoms with E-state index < -0.39 is 0 Å². The maximum atomic E-state index is 5.88. The van der Waals surface area contributed by atoms with Crippen LogP contribution in [0.5, 0.6) is 5.88 Å². The van der Waals surface area contributed by atoms with Crippen molar-refractivity contribution in [2.75, 3.05) is 26.7 Å². The van der Waals surface area contributed by atoms with E-state index >= 15 is 0 Å². The minimum atomic E-state index is 0.248. The van der Waals surface area contributed by atoms with E-state index in [-0.39, 0.29) is 6.04 Å². The van der Waals surface area contributed by atoms with Crippen molar-refractivity contribution in [2.24, 2.45) is 0 Å². The summed E-state index contributed by atoms with van der Waals surface area (Å²) in [4.78, 5) is 9.15. The minimum absolute atomic E-state index is 0.248. The van der Waals surface area contributed by atoms with Gasteiger partial charge in [-0.25, -0.2) is 4.98 Å². The van der Waals surface area contributed by atoms with Crippen molar-refractivity contribution in [1.29, 1.82) is 0 Å². The summed E-state index contributed by atoms with van der Waals surface area (Å²) in [6.07, 6.45) is 1.62. The molecule has 2 aromatic heterocycles. The molecule has 5 nitrogen and oxygen atoms in total. The molecule has 0 amide bonds. The van der Waals surface area contributed by atoms with Crippen LogP contribution in [0.4, 0.5) is 0 Å². The Balaban J connectivity index is 2.47. The van der Waals surface area contributed by atoms with Gasteiger partial charge in [-0.05, 0) is 19.4 Å². The van der Waals surface area contributed by atoms with Gasteiger partial charge in [0.25, 0.3) is 0 Å². The maximum Gasteiger partial charge on any atom is 0.215 e. The molecule has 0 aromatic carbocycles. The number of aryl methyl sites for hydroxylation is 1. The highest BCUT2D eigenvalue weighted by Crippen LogP contribution is 2.24. The van der Waals surface area contributed by atoms with Gasteiger partial charge in [-0.15, -0.1) is 11.6 Å². The molecule has 1 unspecified atom stereocenters. The normalized spacial score (nSPS) is 12.8. The molecule has 0 saturated carbocycles. The summed E-state index contributed by atoms with van der Waals surface area (Å²) in [6, 6.07) is 4.00. The van der Waals surface area contributed by atoms with Crippen molar-refractivity contribution in [2.45, 2.75) is 25.8 Å². The molecule has 110 valence electrons. The SMILES string of the molecule is COCCC(C)n1c(CCCl)nc2ccc(OC)nc21. The Morgan fingerprint density at radius 3 is 2.75 bits per heavy atom. The second kappa shape index (κ2) is 6.90. The monoisotopic (exact) mass is 297 g/mol. The highest BCUT2D eigenvalue weighted by molar-refractivity contribution is 6.17. The second-order valence-electron chi connectivity index (χ2n) is 4.66. The molecule has 0 fully saturated rings. The fourth-order valence-corrected chi connectivity index (χ4v) is 2.43. The van der Waals surface area contributed by atoms with E-state index in [1.807, 2.05) is 12.1 Å². The summed E-state index contributed by atoms with van der Waals surface area (Å²) in [5, 5.41) is 0. The highest BCUT2D eigenvalue weighted by atomic mass is 35.5. The summed E-state index contributed by atoms with van der Waals surface area (Å²) in [5.74, 6) is 2.09. The van der Waals surface area contributed by atoms with Crippen molar-refractivity contribution in [3.63, 3.8) is 0 Å². The largest absolute Gasteiger partial charge is 0.481 e. The molecule has 20 heavy (non-hydrogen) atoms. The molecule has 0 aliphatic heterocycles. The lowest BCUT2D eigenvalue weighted by molar-refractivity contribution is 0.181. The fourth-order valence-electron chi connectivity index (χ4n) is 2.26. The summed E-state index contributed by atoms with van der Waals surface area (Å²) < 4.78 is 12.5. The Hall–Kier alpha value is -1.33. The zero-order valence-corrected chi connectivity index (χ0v) is 12.9. The average Bonchev–Trinajstić information content (AvgIpc) is 2.82. The van der Waals surface area contributed by atoms with E-state index in [1.54, 1.807) is 14.2 Å². The van der Waals surface area contributed by atoms with Crippen LogP contribution in [0.15, 0.2) is 12.1 Å². The van der Waals surface area contributed by atoms with Gasteiger partial charge in [0.05, 0.1) is 7.11 Å². The van der Waals surface area contributed by atoms with Gasteiger partial charge >= 0.3 is 0 Å². The summed E-state index contributed by atoms with van der Waals surface area (Å²) in [7, 11) is 3.32. The number of rotatable bonds is 7. The van der Waals surface area contributed by atoms with Crippen molar-refractivity contribution in [3.8, 4) is 5.88 Å². The van der Waals surface area contributed by atoms with Crippen LogP contribution in [0.3, 0.4) is 0 Å². The predicted molar refractivity (Wildman–Crippen MR) is 79.7 cm³/mol. The molecule has 0 bridgehead atoms. The third-order valence-corrected chi connectivity index (χ3v) is 3.48. The number of halogens is 1. The smallest absolute Gasteiger partial charge is 0.215 e. The Kier molecular flexibility index (Phi) is 5.20.